The van der Waals surface area contributed by atoms with Gasteiger partial charge in [0.05, 0.1) is 36.5 Å². The number of nitriles is 1. The van der Waals surface area contributed by atoms with Crippen molar-refractivity contribution in [2.45, 2.75) is 33.0 Å². The number of imidazole rings is 1. The Morgan fingerprint density at radius 2 is 2.23 bits per heavy atom. The number of carbonyl (C=O) groups excluding carboxylic acids is 1. The number of fused-ring (bicyclic) bond motifs is 3. The van der Waals surface area contributed by atoms with Gasteiger partial charge in [0.15, 0.2) is 0 Å². The molecular formula is C19H18N6O. The van der Waals surface area contributed by atoms with E-state index in [1.165, 1.54) is 0 Å². The highest BCUT2D eigenvalue weighted by molar-refractivity contribution is 5.59. The molecule has 2 aromatic heterocycles. The van der Waals surface area contributed by atoms with Crippen LogP contribution in [0.5, 0.6) is 0 Å². The van der Waals surface area contributed by atoms with Crippen molar-refractivity contribution >= 4 is 18.0 Å². The molecule has 0 saturated heterocycles. The largest absolute Gasteiger partial charge is 0.363 e. The highest BCUT2D eigenvalue weighted by atomic mass is 16.1. The van der Waals surface area contributed by atoms with Crippen LogP contribution in [-0.2, 0) is 17.9 Å². The van der Waals surface area contributed by atoms with Crippen molar-refractivity contribution in [1.29, 1.82) is 5.26 Å². The summed E-state index contributed by atoms with van der Waals surface area (Å²) in [5, 5.41) is 12.7. The van der Waals surface area contributed by atoms with Gasteiger partial charge >= 0.3 is 0 Å². The Bertz CT molecular complexity index is 1050. The molecule has 1 aromatic carbocycles. The van der Waals surface area contributed by atoms with E-state index in [1.54, 1.807) is 11.1 Å². The van der Waals surface area contributed by atoms with Crippen molar-refractivity contribution in [1.82, 2.24) is 19.3 Å². The highest BCUT2D eigenvalue weighted by Gasteiger charge is 2.26. The van der Waals surface area contributed by atoms with Crippen LogP contribution in [-0.4, -0.2) is 25.7 Å². The number of hydrogen-bond donors (Lipinski definition) is 1. The van der Waals surface area contributed by atoms with Gasteiger partial charge in [-0.1, -0.05) is 12.1 Å². The number of benzene rings is 1. The monoisotopic (exact) mass is 346 g/mol. The molecule has 1 aliphatic rings. The van der Waals surface area contributed by atoms with Crippen LogP contribution in [0.2, 0.25) is 0 Å². The predicted octanol–water partition coefficient (Wildman–Crippen LogP) is 2.55. The van der Waals surface area contributed by atoms with Gasteiger partial charge in [0.1, 0.15) is 5.82 Å². The normalized spacial score (nSPS) is 14.1. The number of nitrogens with one attached hydrogen (secondary N) is 1. The Balaban J connectivity index is 1.75. The lowest BCUT2D eigenvalue weighted by Crippen LogP contribution is -2.14. The van der Waals surface area contributed by atoms with Crippen molar-refractivity contribution in [3.05, 3.63) is 58.5 Å². The van der Waals surface area contributed by atoms with Crippen LogP contribution >= 0.6 is 0 Å². The van der Waals surface area contributed by atoms with Crippen molar-refractivity contribution < 1.29 is 4.79 Å². The Kier molecular flexibility index (Phi) is 3.81. The van der Waals surface area contributed by atoms with Gasteiger partial charge in [-0.05, 0) is 31.0 Å². The lowest BCUT2D eigenvalue weighted by Gasteiger charge is -2.20. The van der Waals surface area contributed by atoms with Crippen LogP contribution < -0.4 is 5.32 Å². The second-order valence-electron chi connectivity index (χ2n) is 6.49. The number of carbonyl (C=O) groups is 1. The summed E-state index contributed by atoms with van der Waals surface area (Å²) in [6.07, 6.45) is 4.43. The molecule has 130 valence electrons. The van der Waals surface area contributed by atoms with Crippen LogP contribution in [0.15, 0.2) is 30.6 Å². The molecular weight excluding hydrogens is 328 g/mol. The first-order valence-corrected chi connectivity index (χ1v) is 8.42. The summed E-state index contributed by atoms with van der Waals surface area (Å²) in [7, 11) is 0. The molecule has 1 N–H and O–H groups in total. The summed E-state index contributed by atoms with van der Waals surface area (Å²) in [4.78, 5) is 21.9. The van der Waals surface area contributed by atoms with E-state index in [-0.39, 0.29) is 6.04 Å². The number of nitrogens with zero attached hydrogens (tertiary/aromatic N) is 5. The van der Waals surface area contributed by atoms with Crippen molar-refractivity contribution in [2.24, 2.45) is 0 Å². The molecule has 7 nitrogen and oxygen atoms in total. The maximum atomic E-state index is 11.2. The molecule has 1 atom stereocenters. The van der Waals surface area contributed by atoms with E-state index < -0.39 is 0 Å². The van der Waals surface area contributed by atoms with Gasteiger partial charge in [0, 0.05) is 18.0 Å². The third kappa shape index (κ3) is 2.47. The van der Waals surface area contributed by atoms with E-state index >= 15 is 0 Å². The Hall–Kier alpha value is -3.40. The van der Waals surface area contributed by atoms with Gasteiger partial charge in [0.25, 0.3) is 0 Å². The Morgan fingerprint density at radius 1 is 1.38 bits per heavy atom. The molecule has 0 unspecified atom stereocenters. The van der Waals surface area contributed by atoms with E-state index in [9.17, 15) is 10.1 Å². The second-order valence-corrected chi connectivity index (χ2v) is 6.49. The summed E-state index contributed by atoms with van der Waals surface area (Å²) in [6.45, 7) is 5.06. The standard InChI is InChI=1S/C19H18N6O/c1-12-14(8-20)4-3-5-15(12)13(2)22-18-16-9-24(11-26)10-17(16)25-7-6-21-19(25)23-18/h3-7,11,13H,9-10H2,1-2H3,(H,21,22,23)/t13-/m1/s1. The van der Waals surface area contributed by atoms with E-state index in [2.05, 4.69) is 21.4 Å². The summed E-state index contributed by atoms with van der Waals surface area (Å²) >= 11 is 0. The average Bonchev–Trinajstić information content (AvgIpc) is 3.28. The lowest BCUT2D eigenvalue weighted by molar-refractivity contribution is -0.118. The zero-order valence-electron chi connectivity index (χ0n) is 14.6. The zero-order chi connectivity index (χ0) is 18.3. The first-order chi connectivity index (χ1) is 12.6. The first kappa shape index (κ1) is 16.1. The Morgan fingerprint density at radius 3 is 3.00 bits per heavy atom. The fourth-order valence-corrected chi connectivity index (χ4v) is 3.55. The summed E-state index contributed by atoms with van der Waals surface area (Å²) < 4.78 is 1.93. The van der Waals surface area contributed by atoms with Gasteiger partial charge in [-0.2, -0.15) is 10.2 Å². The van der Waals surface area contributed by atoms with Crippen molar-refractivity contribution in [2.75, 3.05) is 5.32 Å². The molecule has 7 heteroatoms. The molecule has 1 amide bonds. The molecule has 0 saturated carbocycles. The number of aromatic nitrogens is 3. The van der Waals surface area contributed by atoms with Crippen LogP contribution in [0.25, 0.3) is 5.78 Å². The fourth-order valence-electron chi connectivity index (χ4n) is 3.55. The van der Waals surface area contributed by atoms with Crippen LogP contribution in [0, 0.1) is 18.3 Å². The summed E-state index contributed by atoms with van der Waals surface area (Å²) in [5.74, 6) is 1.34. The zero-order valence-corrected chi connectivity index (χ0v) is 14.6. The maximum absolute atomic E-state index is 11.2. The third-order valence-corrected chi connectivity index (χ3v) is 4.94. The highest BCUT2D eigenvalue weighted by Crippen LogP contribution is 2.31. The maximum Gasteiger partial charge on any atom is 0.235 e. The smallest absolute Gasteiger partial charge is 0.235 e. The molecule has 0 aliphatic carbocycles. The minimum absolute atomic E-state index is 0.0393. The molecule has 26 heavy (non-hydrogen) atoms. The minimum atomic E-state index is -0.0393. The SMILES string of the molecule is Cc1c(C#N)cccc1[C@@H](C)Nc1nc2nccn2c2c1CN(C=O)C2. The molecule has 0 radical (unpaired) electrons. The quantitative estimate of drug-likeness (QED) is 0.734. The lowest BCUT2D eigenvalue weighted by atomic mass is 9.98. The molecule has 4 rings (SSSR count). The van der Waals surface area contributed by atoms with Crippen molar-refractivity contribution in [3.63, 3.8) is 0 Å². The van der Waals surface area contributed by atoms with Crippen LogP contribution in [0.4, 0.5) is 5.82 Å². The van der Waals surface area contributed by atoms with E-state index in [4.69, 9.17) is 0 Å². The minimum Gasteiger partial charge on any atom is -0.363 e. The topological polar surface area (TPSA) is 86.3 Å². The van der Waals surface area contributed by atoms with E-state index in [0.717, 1.165) is 34.6 Å². The number of hydrogen-bond acceptors (Lipinski definition) is 5. The van der Waals surface area contributed by atoms with E-state index in [1.807, 2.05) is 42.6 Å². The number of amides is 1. The summed E-state index contributed by atoms with van der Waals surface area (Å²) in [5.41, 5.74) is 4.71. The average molecular weight is 346 g/mol. The number of rotatable bonds is 4. The molecule has 3 heterocycles. The second kappa shape index (κ2) is 6.15. The van der Waals surface area contributed by atoms with Crippen LogP contribution in [0.3, 0.4) is 0 Å². The summed E-state index contributed by atoms with van der Waals surface area (Å²) in [6, 6.07) is 7.91. The number of anilines is 1. The first-order valence-electron chi connectivity index (χ1n) is 8.42. The fraction of sp³-hybridized carbons (Fsp3) is 0.263. The van der Waals surface area contributed by atoms with Gasteiger partial charge in [0.2, 0.25) is 12.2 Å². The van der Waals surface area contributed by atoms with Gasteiger partial charge < -0.3 is 10.2 Å². The third-order valence-electron chi connectivity index (χ3n) is 4.94. The molecule has 1 aliphatic heterocycles. The molecule has 3 aromatic rings. The van der Waals surface area contributed by atoms with Gasteiger partial charge in [-0.25, -0.2) is 4.98 Å². The Labute approximate surface area is 150 Å². The predicted molar refractivity (Wildman–Crippen MR) is 96.2 cm³/mol. The van der Waals surface area contributed by atoms with Crippen LogP contribution in [0.1, 0.15) is 40.9 Å². The molecule has 0 spiro atoms. The molecule has 0 bridgehead atoms. The van der Waals surface area contributed by atoms with Crippen molar-refractivity contribution in [3.8, 4) is 6.07 Å². The van der Waals surface area contributed by atoms with Gasteiger partial charge in [-0.15, -0.1) is 0 Å². The molecule has 0 fully saturated rings. The van der Waals surface area contributed by atoms with Gasteiger partial charge in [-0.3, -0.25) is 9.20 Å². The van der Waals surface area contributed by atoms with E-state index in [0.29, 0.717) is 24.4 Å².